The SMILES string of the molecule is CCc1ccc(C(=O)N(C)[C@@H]2CCCC[C@H]2N(C)C(C)=O)cc1. The maximum Gasteiger partial charge on any atom is 0.253 e. The third-order valence-corrected chi connectivity index (χ3v) is 5.12. The van der Waals surface area contributed by atoms with Gasteiger partial charge in [0, 0.05) is 26.6 Å². The lowest BCUT2D eigenvalue weighted by molar-refractivity contribution is -0.131. The van der Waals surface area contributed by atoms with Crippen molar-refractivity contribution in [2.24, 2.45) is 0 Å². The molecule has 0 aromatic heterocycles. The molecule has 2 atom stereocenters. The molecule has 0 unspecified atom stereocenters. The van der Waals surface area contributed by atoms with E-state index in [4.69, 9.17) is 0 Å². The van der Waals surface area contributed by atoms with Gasteiger partial charge in [-0.25, -0.2) is 0 Å². The molecule has 2 amide bonds. The van der Waals surface area contributed by atoms with Gasteiger partial charge < -0.3 is 9.80 Å². The van der Waals surface area contributed by atoms with Crippen molar-refractivity contribution in [2.45, 2.75) is 58.0 Å². The summed E-state index contributed by atoms with van der Waals surface area (Å²) in [5.41, 5.74) is 1.95. The predicted octanol–water partition coefficient (Wildman–Crippen LogP) is 3.11. The first-order chi connectivity index (χ1) is 11.0. The number of benzene rings is 1. The molecule has 4 heteroatoms. The number of hydrogen-bond acceptors (Lipinski definition) is 2. The lowest BCUT2D eigenvalue weighted by Gasteiger charge is -2.42. The van der Waals surface area contributed by atoms with Gasteiger partial charge in [-0.2, -0.15) is 0 Å². The number of amides is 2. The molecule has 23 heavy (non-hydrogen) atoms. The van der Waals surface area contributed by atoms with Gasteiger partial charge in [0.05, 0.1) is 12.1 Å². The van der Waals surface area contributed by atoms with Crippen LogP contribution in [-0.2, 0) is 11.2 Å². The molecule has 1 fully saturated rings. The first-order valence-corrected chi connectivity index (χ1v) is 8.55. The third-order valence-electron chi connectivity index (χ3n) is 5.12. The Kier molecular flexibility index (Phi) is 5.80. The number of aryl methyl sites for hydroxylation is 1. The topological polar surface area (TPSA) is 40.6 Å². The van der Waals surface area contributed by atoms with Crippen LogP contribution in [0.15, 0.2) is 24.3 Å². The van der Waals surface area contributed by atoms with Crippen LogP contribution >= 0.6 is 0 Å². The Hall–Kier alpha value is -1.84. The van der Waals surface area contributed by atoms with Gasteiger partial charge >= 0.3 is 0 Å². The van der Waals surface area contributed by atoms with Crippen LogP contribution in [0.25, 0.3) is 0 Å². The summed E-state index contributed by atoms with van der Waals surface area (Å²) in [5, 5.41) is 0. The van der Waals surface area contributed by atoms with Crippen LogP contribution in [-0.4, -0.2) is 47.8 Å². The lowest BCUT2D eigenvalue weighted by atomic mass is 9.88. The molecule has 4 nitrogen and oxygen atoms in total. The smallest absolute Gasteiger partial charge is 0.253 e. The monoisotopic (exact) mass is 316 g/mol. The Balaban J connectivity index is 2.16. The fraction of sp³-hybridized carbons (Fsp3) is 0.579. The van der Waals surface area contributed by atoms with Crippen molar-refractivity contribution < 1.29 is 9.59 Å². The van der Waals surface area contributed by atoms with Crippen molar-refractivity contribution in [2.75, 3.05) is 14.1 Å². The number of nitrogens with zero attached hydrogens (tertiary/aromatic N) is 2. The summed E-state index contributed by atoms with van der Waals surface area (Å²) in [7, 11) is 3.71. The van der Waals surface area contributed by atoms with Crippen molar-refractivity contribution in [1.82, 2.24) is 9.80 Å². The molecule has 1 aliphatic rings. The zero-order valence-corrected chi connectivity index (χ0v) is 14.7. The molecule has 1 aliphatic carbocycles. The summed E-state index contributed by atoms with van der Waals surface area (Å²) in [4.78, 5) is 28.2. The van der Waals surface area contributed by atoms with E-state index in [0.29, 0.717) is 0 Å². The van der Waals surface area contributed by atoms with E-state index in [2.05, 4.69) is 6.92 Å². The second-order valence-electron chi connectivity index (χ2n) is 6.52. The van der Waals surface area contributed by atoms with Gasteiger partial charge in [-0.05, 0) is 37.0 Å². The summed E-state index contributed by atoms with van der Waals surface area (Å²) in [6, 6.07) is 8.05. The minimum atomic E-state index is 0.0431. The molecule has 0 bridgehead atoms. The summed E-state index contributed by atoms with van der Waals surface area (Å²) >= 11 is 0. The Morgan fingerprint density at radius 3 is 2.00 bits per heavy atom. The highest BCUT2D eigenvalue weighted by molar-refractivity contribution is 5.94. The van der Waals surface area contributed by atoms with E-state index in [1.807, 2.05) is 43.3 Å². The summed E-state index contributed by atoms with van der Waals surface area (Å²) in [6.07, 6.45) is 5.12. The quantitative estimate of drug-likeness (QED) is 0.856. The van der Waals surface area contributed by atoms with E-state index < -0.39 is 0 Å². The molecule has 0 N–H and O–H groups in total. The fourth-order valence-electron chi connectivity index (χ4n) is 3.47. The molecule has 1 aromatic rings. The third kappa shape index (κ3) is 3.92. The highest BCUT2D eigenvalue weighted by Gasteiger charge is 2.34. The molecular formula is C19H28N2O2. The number of carbonyl (C=O) groups excluding carboxylic acids is 2. The first-order valence-electron chi connectivity index (χ1n) is 8.55. The maximum absolute atomic E-state index is 12.8. The highest BCUT2D eigenvalue weighted by Crippen LogP contribution is 2.27. The van der Waals surface area contributed by atoms with Gasteiger partial charge in [0.2, 0.25) is 5.91 Å². The number of likely N-dealkylation sites (N-methyl/N-ethyl adjacent to an activating group) is 2. The molecule has 1 saturated carbocycles. The Labute approximate surface area is 139 Å². The zero-order valence-electron chi connectivity index (χ0n) is 14.7. The van der Waals surface area contributed by atoms with Gasteiger partial charge in [0.15, 0.2) is 0 Å². The summed E-state index contributed by atoms with van der Waals surface area (Å²) < 4.78 is 0. The van der Waals surface area contributed by atoms with Crippen LogP contribution in [0.2, 0.25) is 0 Å². The van der Waals surface area contributed by atoms with Crippen molar-refractivity contribution in [1.29, 1.82) is 0 Å². The van der Waals surface area contributed by atoms with Crippen LogP contribution in [0.1, 0.15) is 55.5 Å². The van der Waals surface area contributed by atoms with E-state index in [1.165, 1.54) is 5.56 Å². The van der Waals surface area contributed by atoms with Crippen LogP contribution in [0.3, 0.4) is 0 Å². The van der Waals surface area contributed by atoms with Crippen LogP contribution in [0.4, 0.5) is 0 Å². The fourth-order valence-corrected chi connectivity index (χ4v) is 3.47. The molecule has 0 heterocycles. The molecule has 0 radical (unpaired) electrons. The number of rotatable bonds is 4. The Bertz CT molecular complexity index is 553. The maximum atomic E-state index is 12.8. The van der Waals surface area contributed by atoms with Crippen molar-refractivity contribution in [3.8, 4) is 0 Å². The van der Waals surface area contributed by atoms with Gasteiger partial charge in [-0.15, -0.1) is 0 Å². The number of carbonyl (C=O) groups is 2. The van der Waals surface area contributed by atoms with Gasteiger partial charge in [0.1, 0.15) is 0 Å². The van der Waals surface area contributed by atoms with Crippen molar-refractivity contribution in [3.05, 3.63) is 35.4 Å². The van der Waals surface area contributed by atoms with Crippen LogP contribution < -0.4 is 0 Å². The molecule has 0 spiro atoms. The van der Waals surface area contributed by atoms with E-state index in [1.54, 1.807) is 11.8 Å². The highest BCUT2D eigenvalue weighted by atomic mass is 16.2. The van der Waals surface area contributed by atoms with Crippen LogP contribution in [0.5, 0.6) is 0 Å². The zero-order chi connectivity index (χ0) is 17.0. The minimum absolute atomic E-state index is 0.0431. The summed E-state index contributed by atoms with van der Waals surface area (Å²) in [6.45, 7) is 3.70. The largest absolute Gasteiger partial charge is 0.341 e. The minimum Gasteiger partial charge on any atom is -0.341 e. The average Bonchev–Trinajstić information content (AvgIpc) is 2.59. The van der Waals surface area contributed by atoms with E-state index in [9.17, 15) is 9.59 Å². The predicted molar refractivity (Wildman–Crippen MR) is 92.4 cm³/mol. The summed E-state index contributed by atoms with van der Waals surface area (Å²) in [5.74, 6) is 0.108. The standard InChI is InChI=1S/C19H28N2O2/c1-5-15-10-12-16(13-11-15)19(23)21(4)18-9-7-6-8-17(18)20(3)14(2)22/h10-13,17-18H,5-9H2,1-4H3/t17-,18-/m1/s1. The van der Waals surface area contributed by atoms with Crippen LogP contribution in [0, 0.1) is 0 Å². The van der Waals surface area contributed by atoms with E-state index in [-0.39, 0.29) is 23.9 Å². The van der Waals surface area contributed by atoms with Gasteiger partial charge in [-0.1, -0.05) is 31.9 Å². The Morgan fingerprint density at radius 2 is 1.52 bits per heavy atom. The van der Waals surface area contributed by atoms with E-state index in [0.717, 1.165) is 37.7 Å². The van der Waals surface area contributed by atoms with E-state index >= 15 is 0 Å². The Morgan fingerprint density at radius 1 is 1.00 bits per heavy atom. The molecule has 2 rings (SSSR count). The molecule has 126 valence electrons. The average molecular weight is 316 g/mol. The molecule has 1 aromatic carbocycles. The first kappa shape index (κ1) is 17.5. The molecule has 0 aliphatic heterocycles. The molecule has 0 saturated heterocycles. The van der Waals surface area contributed by atoms with Crippen molar-refractivity contribution >= 4 is 11.8 Å². The number of hydrogen-bond donors (Lipinski definition) is 0. The van der Waals surface area contributed by atoms with Gasteiger partial charge in [0.25, 0.3) is 5.91 Å². The van der Waals surface area contributed by atoms with Gasteiger partial charge in [-0.3, -0.25) is 9.59 Å². The normalized spacial score (nSPS) is 20.9. The second-order valence-corrected chi connectivity index (χ2v) is 6.52. The van der Waals surface area contributed by atoms with Crippen molar-refractivity contribution in [3.63, 3.8) is 0 Å². The second kappa shape index (κ2) is 7.62. The lowest BCUT2D eigenvalue weighted by Crippen LogP contribution is -2.53. The molecular weight excluding hydrogens is 288 g/mol.